The zero-order valence-corrected chi connectivity index (χ0v) is 9.45. The monoisotopic (exact) mass is 256 g/mol. The summed E-state index contributed by atoms with van der Waals surface area (Å²) in [6, 6.07) is 0. The minimum Gasteiger partial charge on any atom is -0.349 e. The third-order valence-electron chi connectivity index (χ3n) is 2.79. The smallest absolute Gasteiger partial charge is 0.147 e. The predicted molar refractivity (Wildman–Crippen MR) is 57.3 cm³/mol. The zero-order valence-electron chi connectivity index (χ0n) is 9.45. The quantitative estimate of drug-likeness (QED) is 0.413. The molecular weight excluding hydrogens is 244 g/mol. The summed E-state index contributed by atoms with van der Waals surface area (Å²) in [5.41, 5.74) is 16.6. The number of rotatable bonds is 5. The fraction of sp³-hybridized carbons (Fsp3) is 1.00. The molecule has 0 aliphatic carbocycles. The van der Waals surface area contributed by atoms with E-state index in [0.717, 1.165) is 0 Å². The third-order valence-corrected chi connectivity index (χ3v) is 2.79. The van der Waals surface area contributed by atoms with E-state index in [0.29, 0.717) is 0 Å². The summed E-state index contributed by atoms with van der Waals surface area (Å²) in [5.74, 6) is 0. The summed E-state index contributed by atoms with van der Waals surface area (Å²) in [7, 11) is 0. The molecule has 0 aromatic carbocycles. The topological polar surface area (TPSA) is 134 Å². The summed E-state index contributed by atoms with van der Waals surface area (Å²) in [4.78, 5) is 5.36. The highest BCUT2D eigenvalue weighted by molar-refractivity contribution is 4.91. The SMILES string of the molecule is [N-]=[N+]=NC[C@@H]1OCO[C@@H]1[C@@H]1OCO[C@H]1CN=[N+]=[N-]. The molecule has 0 aromatic heterocycles. The summed E-state index contributed by atoms with van der Waals surface area (Å²) in [5, 5.41) is 6.92. The molecule has 0 unspecified atom stereocenters. The van der Waals surface area contributed by atoms with Crippen LogP contribution >= 0.6 is 0 Å². The van der Waals surface area contributed by atoms with E-state index in [1.54, 1.807) is 0 Å². The fourth-order valence-corrected chi connectivity index (χ4v) is 1.97. The van der Waals surface area contributed by atoms with Crippen molar-refractivity contribution >= 4 is 0 Å². The van der Waals surface area contributed by atoms with Crippen LogP contribution in [0.15, 0.2) is 10.2 Å². The van der Waals surface area contributed by atoms with Crippen molar-refractivity contribution in [1.29, 1.82) is 0 Å². The first-order valence-corrected chi connectivity index (χ1v) is 5.35. The molecule has 2 heterocycles. The van der Waals surface area contributed by atoms with Gasteiger partial charge in [-0.25, -0.2) is 0 Å². The normalized spacial score (nSPS) is 34.9. The Kier molecular flexibility index (Phi) is 4.59. The van der Waals surface area contributed by atoms with Crippen LogP contribution in [0.3, 0.4) is 0 Å². The van der Waals surface area contributed by atoms with E-state index in [4.69, 9.17) is 30.0 Å². The Hall–Kier alpha value is -1.54. The maximum atomic E-state index is 8.30. The molecule has 2 fully saturated rings. The van der Waals surface area contributed by atoms with Crippen molar-refractivity contribution in [3.05, 3.63) is 20.9 Å². The fourth-order valence-electron chi connectivity index (χ4n) is 1.97. The van der Waals surface area contributed by atoms with Crippen LogP contribution < -0.4 is 0 Å². The highest BCUT2D eigenvalue weighted by atomic mass is 16.8. The molecule has 2 aliphatic heterocycles. The standard InChI is InChI=1S/C8H12N6O4/c9-13-11-1-5-7(17-3-15-5)8-6(2-12-14-10)16-4-18-8/h5-8H,1-4H2/t5-,6-,7-,8+/m0/s1. The van der Waals surface area contributed by atoms with E-state index in [2.05, 4.69) is 20.1 Å². The minimum absolute atomic E-state index is 0.115. The lowest BCUT2D eigenvalue weighted by Gasteiger charge is -2.23. The molecule has 2 saturated heterocycles. The molecule has 0 radical (unpaired) electrons. The Balaban J connectivity index is 1.99. The molecule has 0 amide bonds. The first kappa shape index (κ1) is 12.9. The molecule has 10 heteroatoms. The van der Waals surface area contributed by atoms with Gasteiger partial charge in [0.25, 0.3) is 0 Å². The van der Waals surface area contributed by atoms with Crippen molar-refractivity contribution in [3.8, 4) is 0 Å². The van der Waals surface area contributed by atoms with E-state index in [9.17, 15) is 0 Å². The Morgan fingerprint density at radius 2 is 1.28 bits per heavy atom. The van der Waals surface area contributed by atoms with Crippen LogP contribution in [0.4, 0.5) is 0 Å². The van der Waals surface area contributed by atoms with Crippen molar-refractivity contribution in [1.82, 2.24) is 0 Å². The van der Waals surface area contributed by atoms with Gasteiger partial charge >= 0.3 is 0 Å². The summed E-state index contributed by atoms with van der Waals surface area (Å²) < 4.78 is 21.4. The lowest BCUT2D eigenvalue weighted by Crippen LogP contribution is -2.43. The zero-order chi connectivity index (χ0) is 12.8. The van der Waals surface area contributed by atoms with Crippen molar-refractivity contribution in [3.63, 3.8) is 0 Å². The Morgan fingerprint density at radius 3 is 1.67 bits per heavy atom. The molecule has 2 rings (SSSR count). The van der Waals surface area contributed by atoms with Crippen LogP contribution in [-0.4, -0.2) is 51.1 Å². The molecule has 0 saturated carbocycles. The summed E-state index contributed by atoms with van der Waals surface area (Å²) in [6.45, 7) is 0.555. The largest absolute Gasteiger partial charge is 0.349 e. The average molecular weight is 256 g/mol. The van der Waals surface area contributed by atoms with Crippen molar-refractivity contribution in [2.75, 3.05) is 26.7 Å². The molecule has 98 valence electrons. The summed E-state index contributed by atoms with van der Waals surface area (Å²) >= 11 is 0. The van der Waals surface area contributed by atoms with Gasteiger partial charge in [-0.15, -0.1) is 0 Å². The molecule has 4 atom stereocenters. The number of azide groups is 2. The van der Waals surface area contributed by atoms with Crippen LogP contribution in [0.2, 0.25) is 0 Å². The van der Waals surface area contributed by atoms with Gasteiger partial charge in [-0.05, 0) is 11.1 Å². The van der Waals surface area contributed by atoms with E-state index in [-0.39, 0.29) is 38.9 Å². The molecule has 18 heavy (non-hydrogen) atoms. The maximum absolute atomic E-state index is 8.30. The van der Waals surface area contributed by atoms with E-state index < -0.39 is 12.2 Å². The van der Waals surface area contributed by atoms with Crippen LogP contribution in [0.1, 0.15) is 0 Å². The van der Waals surface area contributed by atoms with Crippen LogP contribution in [-0.2, 0) is 18.9 Å². The van der Waals surface area contributed by atoms with Gasteiger partial charge in [0, 0.05) is 9.82 Å². The second kappa shape index (κ2) is 6.41. The minimum atomic E-state index is -0.392. The Labute approximate surface area is 102 Å². The number of hydrogen-bond donors (Lipinski definition) is 0. The first-order valence-electron chi connectivity index (χ1n) is 5.35. The molecule has 2 aliphatic rings. The molecule has 0 spiro atoms. The van der Waals surface area contributed by atoms with Gasteiger partial charge in [0.05, 0.1) is 25.3 Å². The van der Waals surface area contributed by atoms with Crippen LogP contribution in [0.25, 0.3) is 20.9 Å². The third kappa shape index (κ3) is 2.82. The van der Waals surface area contributed by atoms with Gasteiger partial charge in [0.15, 0.2) is 0 Å². The van der Waals surface area contributed by atoms with Crippen molar-refractivity contribution in [2.24, 2.45) is 10.2 Å². The van der Waals surface area contributed by atoms with Gasteiger partial charge in [-0.3, -0.25) is 0 Å². The summed E-state index contributed by atoms with van der Waals surface area (Å²) in [6.07, 6.45) is -1.53. The highest BCUT2D eigenvalue weighted by Crippen LogP contribution is 2.26. The van der Waals surface area contributed by atoms with E-state index in [1.807, 2.05) is 0 Å². The molecule has 0 N–H and O–H groups in total. The van der Waals surface area contributed by atoms with Gasteiger partial charge < -0.3 is 18.9 Å². The maximum Gasteiger partial charge on any atom is 0.147 e. The molecular formula is C8H12N6O4. The van der Waals surface area contributed by atoms with E-state index in [1.165, 1.54) is 0 Å². The van der Waals surface area contributed by atoms with E-state index >= 15 is 0 Å². The van der Waals surface area contributed by atoms with Gasteiger partial charge in [0.1, 0.15) is 25.8 Å². The number of nitrogens with zero attached hydrogens (tertiary/aromatic N) is 6. The number of ether oxygens (including phenoxy) is 4. The Morgan fingerprint density at radius 1 is 0.833 bits per heavy atom. The van der Waals surface area contributed by atoms with Crippen molar-refractivity contribution < 1.29 is 18.9 Å². The van der Waals surface area contributed by atoms with Gasteiger partial charge in [-0.1, -0.05) is 10.2 Å². The van der Waals surface area contributed by atoms with Gasteiger partial charge in [0.2, 0.25) is 0 Å². The number of hydrogen-bond acceptors (Lipinski definition) is 6. The lowest BCUT2D eigenvalue weighted by molar-refractivity contribution is -0.0305. The van der Waals surface area contributed by atoms with Crippen LogP contribution in [0.5, 0.6) is 0 Å². The lowest BCUT2D eigenvalue weighted by atomic mass is 10.0. The second-order valence-electron chi connectivity index (χ2n) is 3.74. The average Bonchev–Trinajstić information content (AvgIpc) is 3.01. The molecule has 0 bridgehead atoms. The Bertz CT molecular complexity index is 344. The highest BCUT2D eigenvalue weighted by Gasteiger charge is 2.43. The van der Waals surface area contributed by atoms with Gasteiger partial charge in [-0.2, -0.15) is 0 Å². The molecule has 10 nitrogen and oxygen atoms in total. The van der Waals surface area contributed by atoms with Crippen molar-refractivity contribution in [2.45, 2.75) is 24.4 Å². The molecule has 0 aromatic rings. The second-order valence-corrected chi connectivity index (χ2v) is 3.74. The first-order chi connectivity index (χ1) is 8.86. The van der Waals surface area contributed by atoms with Crippen LogP contribution in [0, 0.1) is 0 Å². The predicted octanol–water partition coefficient (Wildman–Crippen LogP) is 1.09.